The molecule has 0 aliphatic carbocycles. The van der Waals surface area contributed by atoms with Gasteiger partial charge in [0.1, 0.15) is 24.3 Å². The lowest BCUT2D eigenvalue weighted by Crippen LogP contribution is -2.48. The molecule has 1 atom stereocenters. The quantitative estimate of drug-likeness (QED) is 0.728. The SMILES string of the molecule is CC(=O)c1ccc(OCC2CN(C(=O)Cc3ccccn3)CCO2)cc1F. The van der Waals surface area contributed by atoms with E-state index in [0.717, 1.165) is 5.69 Å². The minimum absolute atomic E-state index is 0.0149. The number of pyridine rings is 1. The number of benzene rings is 1. The number of carbonyl (C=O) groups is 2. The van der Waals surface area contributed by atoms with Gasteiger partial charge in [-0.25, -0.2) is 4.39 Å². The van der Waals surface area contributed by atoms with Gasteiger partial charge in [0.05, 0.1) is 25.1 Å². The van der Waals surface area contributed by atoms with E-state index >= 15 is 0 Å². The van der Waals surface area contributed by atoms with Gasteiger partial charge < -0.3 is 14.4 Å². The first-order valence-electron chi connectivity index (χ1n) is 8.75. The maximum Gasteiger partial charge on any atom is 0.228 e. The van der Waals surface area contributed by atoms with Crippen LogP contribution in [0.5, 0.6) is 5.75 Å². The van der Waals surface area contributed by atoms with E-state index in [1.807, 2.05) is 18.2 Å². The van der Waals surface area contributed by atoms with Crippen molar-refractivity contribution < 1.29 is 23.5 Å². The highest BCUT2D eigenvalue weighted by atomic mass is 19.1. The van der Waals surface area contributed by atoms with Crippen molar-refractivity contribution in [3.63, 3.8) is 0 Å². The summed E-state index contributed by atoms with van der Waals surface area (Å²) in [5.41, 5.74) is 0.755. The van der Waals surface area contributed by atoms with Crippen LogP contribution in [0.4, 0.5) is 4.39 Å². The molecule has 27 heavy (non-hydrogen) atoms. The third-order valence-corrected chi connectivity index (χ3v) is 4.31. The monoisotopic (exact) mass is 372 g/mol. The highest BCUT2D eigenvalue weighted by molar-refractivity contribution is 5.94. The number of rotatable bonds is 6. The number of morpholine rings is 1. The minimum Gasteiger partial charge on any atom is -0.491 e. The third-order valence-electron chi connectivity index (χ3n) is 4.31. The molecule has 0 spiro atoms. The van der Waals surface area contributed by atoms with E-state index in [1.54, 1.807) is 17.2 Å². The zero-order valence-corrected chi connectivity index (χ0v) is 15.1. The van der Waals surface area contributed by atoms with Crippen LogP contribution in [0.3, 0.4) is 0 Å². The summed E-state index contributed by atoms with van der Waals surface area (Å²) in [7, 11) is 0. The topological polar surface area (TPSA) is 68.7 Å². The zero-order chi connectivity index (χ0) is 19.2. The molecule has 1 aliphatic heterocycles. The molecule has 1 amide bonds. The molecule has 1 fully saturated rings. The number of halogens is 1. The Balaban J connectivity index is 1.53. The first-order valence-corrected chi connectivity index (χ1v) is 8.75. The summed E-state index contributed by atoms with van der Waals surface area (Å²) < 4.78 is 25.1. The van der Waals surface area contributed by atoms with Crippen molar-refractivity contribution in [3.05, 3.63) is 59.7 Å². The Morgan fingerprint density at radius 1 is 1.33 bits per heavy atom. The number of aromatic nitrogens is 1. The third kappa shape index (κ3) is 5.10. The second-order valence-corrected chi connectivity index (χ2v) is 6.34. The summed E-state index contributed by atoms with van der Waals surface area (Å²) in [6, 6.07) is 9.61. The Kier molecular flexibility index (Phi) is 6.13. The summed E-state index contributed by atoms with van der Waals surface area (Å²) in [5, 5.41) is 0. The fourth-order valence-corrected chi connectivity index (χ4v) is 2.88. The molecule has 1 aliphatic rings. The van der Waals surface area contributed by atoms with E-state index < -0.39 is 5.82 Å². The maximum atomic E-state index is 13.9. The number of ketones is 1. The minimum atomic E-state index is -0.614. The Morgan fingerprint density at radius 3 is 2.89 bits per heavy atom. The van der Waals surface area contributed by atoms with Gasteiger partial charge in [0.25, 0.3) is 0 Å². The molecule has 142 valence electrons. The first kappa shape index (κ1) is 19.0. The van der Waals surface area contributed by atoms with Crippen LogP contribution in [0.2, 0.25) is 0 Å². The van der Waals surface area contributed by atoms with E-state index in [0.29, 0.717) is 25.4 Å². The molecule has 2 aromatic rings. The van der Waals surface area contributed by atoms with Crippen molar-refractivity contribution in [1.82, 2.24) is 9.88 Å². The number of carbonyl (C=O) groups excluding carboxylic acids is 2. The van der Waals surface area contributed by atoms with E-state index in [9.17, 15) is 14.0 Å². The molecule has 3 rings (SSSR count). The molecule has 0 radical (unpaired) electrons. The van der Waals surface area contributed by atoms with Crippen LogP contribution in [-0.2, 0) is 16.0 Å². The number of amides is 1. The molecule has 1 aromatic heterocycles. The van der Waals surface area contributed by atoms with Crippen molar-refractivity contribution in [1.29, 1.82) is 0 Å². The Labute approximate surface area is 156 Å². The van der Waals surface area contributed by atoms with Gasteiger partial charge in [-0.05, 0) is 31.2 Å². The molecule has 0 bridgehead atoms. The number of hydrogen-bond donors (Lipinski definition) is 0. The molecule has 1 aromatic carbocycles. The average molecular weight is 372 g/mol. The van der Waals surface area contributed by atoms with Gasteiger partial charge in [0, 0.05) is 24.5 Å². The van der Waals surface area contributed by atoms with Crippen LogP contribution in [0.1, 0.15) is 23.0 Å². The highest BCUT2D eigenvalue weighted by Crippen LogP contribution is 2.18. The molecule has 2 heterocycles. The van der Waals surface area contributed by atoms with Gasteiger partial charge in [-0.2, -0.15) is 0 Å². The largest absolute Gasteiger partial charge is 0.491 e. The number of hydrogen-bond acceptors (Lipinski definition) is 5. The van der Waals surface area contributed by atoms with Gasteiger partial charge in [0.15, 0.2) is 5.78 Å². The average Bonchev–Trinajstić information content (AvgIpc) is 2.67. The van der Waals surface area contributed by atoms with Crippen LogP contribution in [0.25, 0.3) is 0 Å². The summed E-state index contributed by atoms with van der Waals surface area (Å²) in [6.07, 6.45) is 1.60. The normalized spacial score (nSPS) is 16.8. The first-order chi connectivity index (χ1) is 13.0. The van der Waals surface area contributed by atoms with Crippen molar-refractivity contribution in [3.8, 4) is 5.75 Å². The molecule has 1 saturated heterocycles. The van der Waals surface area contributed by atoms with Gasteiger partial charge in [-0.1, -0.05) is 6.07 Å². The molecule has 7 heteroatoms. The Bertz CT molecular complexity index is 813. The predicted octanol–water partition coefficient (Wildman–Crippen LogP) is 2.27. The van der Waals surface area contributed by atoms with E-state index in [1.165, 1.54) is 19.1 Å². The Hall–Kier alpha value is -2.80. The summed E-state index contributed by atoms with van der Waals surface area (Å²) >= 11 is 0. The number of nitrogens with zero attached hydrogens (tertiary/aromatic N) is 2. The molecule has 0 N–H and O–H groups in total. The van der Waals surface area contributed by atoms with Gasteiger partial charge in [0.2, 0.25) is 5.91 Å². The summed E-state index contributed by atoms with van der Waals surface area (Å²) in [4.78, 5) is 29.6. The Morgan fingerprint density at radius 2 is 2.19 bits per heavy atom. The van der Waals surface area contributed by atoms with Crippen molar-refractivity contribution in [2.45, 2.75) is 19.4 Å². The molecular formula is C20H21FN2O4. The van der Waals surface area contributed by atoms with Crippen LogP contribution >= 0.6 is 0 Å². The molecule has 6 nitrogen and oxygen atoms in total. The number of ether oxygens (including phenoxy) is 2. The predicted molar refractivity (Wildman–Crippen MR) is 96.2 cm³/mol. The lowest BCUT2D eigenvalue weighted by atomic mass is 10.1. The zero-order valence-electron chi connectivity index (χ0n) is 15.1. The molecule has 0 saturated carbocycles. The van der Waals surface area contributed by atoms with Crippen molar-refractivity contribution >= 4 is 11.7 Å². The lowest BCUT2D eigenvalue weighted by molar-refractivity contribution is -0.139. The van der Waals surface area contributed by atoms with Crippen LogP contribution in [-0.4, -0.2) is 54.0 Å². The second-order valence-electron chi connectivity index (χ2n) is 6.34. The van der Waals surface area contributed by atoms with E-state index in [2.05, 4.69) is 4.98 Å². The van der Waals surface area contributed by atoms with Gasteiger partial charge in [-0.3, -0.25) is 14.6 Å². The molecular weight excluding hydrogens is 351 g/mol. The van der Waals surface area contributed by atoms with Crippen LogP contribution in [0, 0.1) is 5.82 Å². The van der Waals surface area contributed by atoms with Crippen molar-refractivity contribution in [2.75, 3.05) is 26.3 Å². The van der Waals surface area contributed by atoms with Gasteiger partial charge in [-0.15, -0.1) is 0 Å². The summed E-state index contributed by atoms with van der Waals surface area (Å²) in [5.74, 6) is -0.648. The smallest absolute Gasteiger partial charge is 0.228 e. The fraction of sp³-hybridized carbons (Fsp3) is 0.350. The highest BCUT2D eigenvalue weighted by Gasteiger charge is 2.25. The second kappa shape index (κ2) is 8.73. The van der Waals surface area contributed by atoms with Crippen molar-refractivity contribution in [2.24, 2.45) is 0 Å². The van der Waals surface area contributed by atoms with Gasteiger partial charge >= 0.3 is 0 Å². The lowest BCUT2D eigenvalue weighted by Gasteiger charge is -2.32. The van der Waals surface area contributed by atoms with E-state index in [-0.39, 0.29) is 36.4 Å². The standard InChI is InChI=1S/C20H21FN2O4/c1-14(24)18-6-5-16(11-19(18)21)27-13-17-12-23(8-9-26-17)20(25)10-15-4-2-3-7-22-15/h2-7,11,17H,8-10,12-13H2,1H3. The van der Waals surface area contributed by atoms with Crippen LogP contribution < -0.4 is 4.74 Å². The van der Waals surface area contributed by atoms with E-state index in [4.69, 9.17) is 9.47 Å². The number of Topliss-reactive ketones (excluding diaryl/α,β-unsaturated/α-hetero) is 1. The molecule has 1 unspecified atom stereocenters. The maximum absolute atomic E-state index is 13.9. The van der Waals surface area contributed by atoms with Crippen LogP contribution in [0.15, 0.2) is 42.6 Å². The fourth-order valence-electron chi connectivity index (χ4n) is 2.88. The summed E-state index contributed by atoms with van der Waals surface area (Å²) in [6.45, 7) is 2.83.